The highest BCUT2D eigenvalue weighted by molar-refractivity contribution is 7.92. The maximum absolute atomic E-state index is 14.9. The van der Waals surface area contributed by atoms with Crippen molar-refractivity contribution in [2.45, 2.75) is 6.10 Å². The van der Waals surface area contributed by atoms with E-state index in [2.05, 4.69) is 9.97 Å². The van der Waals surface area contributed by atoms with Crippen molar-refractivity contribution in [3.05, 3.63) is 18.1 Å². The van der Waals surface area contributed by atoms with Crippen LogP contribution in [0.15, 0.2) is 12.3 Å². The van der Waals surface area contributed by atoms with Gasteiger partial charge in [0.1, 0.15) is 29.6 Å². The molecule has 0 spiro atoms. The van der Waals surface area contributed by atoms with Gasteiger partial charge in [0.2, 0.25) is 5.88 Å². The normalized spacial score (nSPS) is 19.7. The van der Waals surface area contributed by atoms with Crippen LogP contribution in [-0.4, -0.2) is 55.3 Å². The number of ether oxygens (including phenoxy) is 2. The van der Waals surface area contributed by atoms with E-state index in [1.165, 1.54) is 6.20 Å². The molecule has 0 aliphatic carbocycles. The van der Waals surface area contributed by atoms with Gasteiger partial charge in [-0.05, 0) is 0 Å². The molecule has 1 amide bonds. The maximum atomic E-state index is 14.9. The Bertz CT molecular complexity index is 994. The molecule has 0 unspecified atom stereocenters. The van der Waals surface area contributed by atoms with Gasteiger partial charge in [-0.1, -0.05) is 0 Å². The molecule has 0 atom stereocenters. The zero-order valence-electron chi connectivity index (χ0n) is 12.5. The van der Waals surface area contributed by atoms with Gasteiger partial charge in [-0.2, -0.15) is 8.42 Å². The second-order valence-corrected chi connectivity index (χ2v) is 7.04. The van der Waals surface area contributed by atoms with Crippen molar-refractivity contribution in [2.75, 3.05) is 24.1 Å². The van der Waals surface area contributed by atoms with Crippen molar-refractivity contribution in [1.29, 1.82) is 0 Å². The lowest BCUT2D eigenvalue weighted by molar-refractivity contribution is -0.117. The van der Waals surface area contributed by atoms with Crippen LogP contribution in [0.2, 0.25) is 0 Å². The molecule has 2 N–H and O–H groups in total. The molecule has 0 radical (unpaired) electrons. The Balaban J connectivity index is 1.82. The molecular weight excluding hydrogens is 359 g/mol. The number of aromatic hydroxyl groups is 1. The summed E-state index contributed by atoms with van der Waals surface area (Å²) in [5, 5.41) is 10.0. The van der Waals surface area contributed by atoms with Crippen molar-refractivity contribution >= 4 is 32.8 Å². The molecule has 1 aromatic heterocycles. The Morgan fingerprint density at radius 3 is 2.80 bits per heavy atom. The van der Waals surface area contributed by atoms with E-state index in [4.69, 9.17) is 9.47 Å². The van der Waals surface area contributed by atoms with E-state index in [1.54, 1.807) is 4.72 Å². The number of fused-ring (bicyclic) bond motifs is 1. The number of halogens is 1. The summed E-state index contributed by atoms with van der Waals surface area (Å²) in [6.07, 6.45) is 1.05. The lowest BCUT2D eigenvalue weighted by atomic mass is 10.2. The topological polar surface area (TPSA) is 131 Å². The fourth-order valence-corrected chi connectivity index (χ4v) is 3.63. The summed E-state index contributed by atoms with van der Waals surface area (Å²) >= 11 is 0. The number of benzene rings is 1. The van der Waals surface area contributed by atoms with E-state index in [0.717, 1.165) is 6.07 Å². The molecule has 1 aromatic carbocycles. The molecule has 2 aliphatic heterocycles. The van der Waals surface area contributed by atoms with Crippen LogP contribution in [0.25, 0.3) is 11.0 Å². The molecule has 0 bridgehead atoms. The summed E-state index contributed by atoms with van der Waals surface area (Å²) in [7, 11) is -4.29. The number of carbonyl (C=O) groups is 1. The van der Waals surface area contributed by atoms with Gasteiger partial charge < -0.3 is 14.6 Å². The first-order valence-corrected chi connectivity index (χ1v) is 8.55. The van der Waals surface area contributed by atoms with E-state index in [1.807, 2.05) is 0 Å². The second kappa shape index (κ2) is 5.39. The minimum Gasteiger partial charge on any atom is -0.506 e. The van der Waals surface area contributed by atoms with E-state index >= 15 is 0 Å². The Morgan fingerprint density at radius 2 is 2.20 bits per heavy atom. The molecule has 4 rings (SSSR count). The predicted octanol–water partition coefficient (Wildman–Crippen LogP) is -0.567. The smallest absolute Gasteiger partial charge is 0.326 e. The van der Waals surface area contributed by atoms with Crippen LogP contribution in [-0.2, 0) is 19.7 Å². The molecule has 2 saturated heterocycles. The summed E-state index contributed by atoms with van der Waals surface area (Å²) in [4.78, 5) is 19.3. The summed E-state index contributed by atoms with van der Waals surface area (Å²) in [6, 6.07) is 1.06. The van der Waals surface area contributed by atoms with E-state index in [0.29, 0.717) is 17.5 Å². The molecule has 10 nitrogen and oxygen atoms in total. The van der Waals surface area contributed by atoms with E-state index in [-0.39, 0.29) is 23.0 Å². The number of hydrogen-bond acceptors (Lipinski definition) is 8. The van der Waals surface area contributed by atoms with Crippen LogP contribution in [0.1, 0.15) is 0 Å². The van der Waals surface area contributed by atoms with Crippen molar-refractivity contribution in [3.8, 4) is 11.6 Å². The lowest BCUT2D eigenvalue weighted by Gasteiger charge is -2.26. The first kappa shape index (κ1) is 15.8. The Labute approximate surface area is 140 Å². The highest BCUT2D eigenvalue weighted by atomic mass is 32.2. The number of hydrogen-bond donors (Lipinski definition) is 2. The maximum Gasteiger partial charge on any atom is 0.326 e. The number of aromatic nitrogens is 2. The Morgan fingerprint density at radius 1 is 1.44 bits per heavy atom. The number of phenols is 1. The molecule has 2 aliphatic rings. The number of phenolic OH excluding ortho intramolecular Hbond substituents is 1. The predicted molar refractivity (Wildman–Crippen MR) is 80.8 cm³/mol. The third kappa shape index (κ3) is 2.59. The first-order valence-electron chi connectivity index (χ1n) is 7.11. The zero-order valence-corrected chi connectivity index (χ0v) is 13.3. The number of carbonyl (C=O) groups excluding carboxylic acids is 1. The minimum atomic E-state index is -4.29. The van der Waals surface area contributed by atoms with Gasteiger partial charge in [-0.15, -0.1) is 0 Å². The van der Waals surface area contributed by atoms with Crippen LogP contribution in [0, 0.1) is 5.82 Å². The first-order chi connectivity index (χ1) is 11.8. The van der Waals surface area contributed by atoms with Crippen LogP contribution in [0.3, 0.4) is 0 Å². The number of nitrogens with one attached hydrogen (secondary N) is 1. The third-order valence-corrected chi connectivity index (χ3v) is 5.05. The van der Waals surface area contributed by atoms with Gasteiger partial charge in [-0.25, -0.2) is 23.4 Å². The molecular formula is C13H11FN4O6S. The third-order valence-electron chi connectivity index (χ3n) is 3.68. The summed E-state index contributed by atoms with van der Waals surface area (Å²) in [5.74, 6) is -2.61. The Hall–Kier alpha value is -2.73. The Kier molecular flexibility index (Phi) is 3.40. The largest absolute Gasteiger partial charge is 0.506 e. The van der Waals surface area contributed by atoms with Crippen LogP contribution in [0.5, 0.6) is 11.6 Å². The van der Waals surface area contributed by atoms with Crippen LogP contribution >= 0.6 is 0 Å². The molecule has 25 heavy (non-hydrogen) atoms. The van der Waals surface area contributed by atoms with Gasteiger partial charge >= 0.3 is 10.2 Å². The number of nitrogens with zero attached hydrogens (tertiary/aromatic N) is 3. The van der Waals surface area contributed by atoms with Gasteiger partial charge in [0, 0.05) is 6.07 Å². The molecule has 2 aromatic rings. The number of anilines is 1. The van der Waals surface area contributed by atoms with Crippen molar-refractivity contribution in [2.24, 2.45) is 0 Å². The molecule has 3 heterocycles. The van der Waals surface area contributed by atoms with Crippen molar-refractivity contribution in [1.82, 2.24) is 14.7 Å². The van der Waals surface area contributed by atoms with Gasteiger partial charge in [0.25, 0.3) is 5.91 Å². The molecule has 0 saturated carbocycles. The second-order valence-electron chi connectivity index (χ2n) is 5.45. The molecule has 12 heteroatoms. The fraction of sp³-hybridized carbons (Fsp3) is 0.308. The van der Waals surface area contributed by atoms with Gasteiger partial charge in [0.15, 0.2) is 5.82 Å². The van der Waals surface area contributed by atoms with Gasteiger partial charge in [0.05, 0.1) is 24.9 Å². The number of rotatable bonds is 3. The van der Waals surface area contributed by atoms with Crippen LogP contribution < -0.4 is 13.8 Å². The van der Waals surface area contributed by atoms with Crippen LogP contribution in [0.4, 0.5) is 10.1 Å². The van der Waals surface area contributed by atoms with E-state index in [9.17, 15) is 22.7 Å². The molecule has 2 fully saturated rings. The van der Waals surface area contributed by atoms with Crippen molar-refractivity contribution in [3.63, 3.8) is 0 Å². The standard InChI is InChI=1S/C13H11FN4O6S/c14-11-12-7(15-2-10(16-12)24-6-4-23-5-6)1-8(19)13(11)18-3-9(20)17-25(18,21)22/h1-2,6,19H,3-5H2,(H,17,20). The molecule has 132 valence electrons. The lowest BCUT2D eigenvalue weighted by Crippen LogP contribution is -2.38. The summed E-state index contributed by atoms with van der Waals surface area (Å²) < 4.78 is 51.2. The minimum absolute atomic E-state index is 0.00633. The average Bonchev–Trinajstić information content (AvgIpc) is 2.76. The summed E-state index contributed by atoms with van der Waals surface area (Å²) in [6.45, 7) is 0.104. The average molecular weight is 370 g/mol. The highest BCUT2D eigenvalue weighted by Gasteiger charge is 2.38. The highest BCUT2D eigenvalue weighted by Crippen LogP contribution is 2.37. The summed E-state index contributed by atoms with van der Waals surface area (Å²) in [5.41, 5.74) is -0.962. The zero-order chi connectivity index (χ0) is 17.8. The quantitative estimate of drug-likeness (QED) is 0.735. The van der Waals surface area contributed by atoms with Gasteiger partial charge in [-0.3, -0.25) is 4.79 Å². The number of amides is 1. The SMILES string of the molecule is O=C1CN(c2c(O)cc3ncc(OC4COC4)nc3c2F)S(=O)(=O)N1. The van der Waals surface area contributed by atoms with Crippen molar-refractivity contribution < 1.29 is 32.2 Å². The fourth-order valence-electron chi connectivity index (χ4n) is 2.46. The van der Waals surface area contributed by atoms with E-state index < -0.39 is 39.9 Å². The monoisotopic (exact) mass is 370 g/mol.